The lowest BCUT2D eigenvalue weighted by molar-refractivity contribution is 0.102. The fraction of sp³-hybridized carbons (Fsp3) is 0.0714. The molecule has 0 aliphatic carbocycles. The molecule has 0 aromatic heterocycles. The van der Waals surface area contributed by atoms with Crippen molar-refractivity contribution in [3.05, 3.63) is 58.6 Å². The number of aryl methyl sites for hydroxylation is 1. The van der Waals surface area contributed by atoms with Gasteiger partial charge in [0.2, 0.25) is 0 Å². The third-order valence-corrected chi connectivity index (χ3v) is 2.81. The number of amides is 1. The number of anilines is 2. The molecule has 0 bridgehead atoms. The molecule has 4 heteroatoms. The number of nitrogens with two attached hydrogens (primary N) is 1. The van der Waals surface area contributed by atoms with Gasteiger partial charge in [-0.15, -0.1) is 0 Å². The summed E-state index contributed by atoms with van der Waals surface area (Å²) in [7, 11) is 0. The SMILES string of the molecule is Cc1cc(N)ccc1C(=O)Nc1cccc(Cl)c1. The maximum absolute atomic E-state index is 12.1. The first kappa shape index (κ1) is 12.5. The van der Waals surface area contributed by atoms with Gasteiger partial charge in [0.05, 0.1) is 0 Å². The third kappa shape index (κ3) is 2.81. The first-order valence-corrected chi connectivity index (χ1v) is 5.87. The van der Waals surface area contributed by atoms with E-state index < -0.39 is 0 Å². The van der Waals surface area contributed by atoms with Gasteiger partial charge < -0.3 is 11.1 Å². The molecule has 3 N–H and O–H groups in total. The van der Waals surface area contributed by atoms with Crippen LogP contribution in [0.1, 0.15) is 15.9 Å². The van der Waals surface area contributed by atoms with Gasteiger partial charge >= 0.3 is 0 Å². The van der Waals surface area contributed by atoms with Gasteiger partial charge in [0.15, 0.2) is 0 Å². The van der Waals surface area contributed by atoms with E-state index >= 15 is 0 Å². The van der Waals surface area contributed by atoms with Crippen molar-refractivity contribution < 1.29 is 4.79 Å². The Balaban J connectivity index is 2.22. The molecule has 0 saturated carbocycles. The van der Waals surface area contributed by atoms with Crippen LogP contribution in [0, 0.1) is 6.92 Å². The minimum atomic E-state index is -0.172. The van der Waals surface area contributed by atoms with E-state index in [2.05, 4.69) is 5.32 Å². The quantitative estimate of drug-likeness (QED) is 0.812. The summed E-state index contributed by atoms with van der Waals surface area (Å²) in [4.78, 5) is 12.1. The second-order valence-corrected chi connectivity index (χ2v) is 4.48. The molecule has 2 rings (SSSR count). The Bertz CT molecular complexity index is 596. The van der Waals surface area contributed by atoms with Crippen molar-refractivity contribution in [2.75, 3.05) is 11.1 Å². The molecule has 0 heterocycles. The van der Waals surface area contributed by atoms with Crippen LogP contribution in [0.3, 0.4) is 0 Å². The average Bonchev–Trinajstić information content (AvgIpc) is 2.28. The summed E-state index contributed by atoms with van der Waals surface area (Å²) in [5.41, 5.74) is 8.41. The second kappa shape index (κ2) is 5.10. The van der Waals surface area contributed by atoms with Crippen molar-refractivity contribution in [2.24, 2.45) is 0 Å². The zero-order valence-electron chi connectivity index (χ0n) is 9.91. The van der Waals surface area contributed by atoms with Crippen LogP contribution in [0.5, 0.6) is 0 Å². The summed E-state index contributed by atoms with van der Waals surface area (Å²) >= 11 is 5.86. The van der Waals surface area contributed by atoms with E-state index in [0.717, 1.165) is 5.56 Å². The lowest BCUT2D eigenvalue weighted by atomic mass is 10.1. The zero-order valence-corrected chi connectivity index (χ0v) is 10.7. The third-order valence-electron chi connectivity index (χ3n) is 2.58. The summed E-state index contributed by atoms with van der Waals surface area (Å²) in [5.74, 6) is -0.172. The standard InChI is InChI=1S/C14H13ClN2O/c1-9-7-11(16)5-6-13(9)14(18)17-12-4-2-3-10(15)8-12/h2-8H,16H2,1H3,(H,17,18). The Labute approximate surface area is 111 Å². The molecule has 0 radical (unpaired) electrons. The van der Waals surface area contributed by atoms with Crippen LogP contribution < -0.4 is 11.1 Å². The second-order valence-electron chi connectivity index (χ2n) is 4.04. The predicted octanol–water partition coefficient (Wildman–Crippen LogP) is 3.48. The normalized spacial score (nSPS) is 10.1. The van der Waals surface area contributed by atoms with Crippen LogP contribution in [0.2, 0.25) is 5.02 Å². The molecule has 0 fully saturated rings. The van der Waals surface area contributed by atoms with Crippen LogP contribution in [-0.2, 0) is 0 Å². The lowest BCUT2D eigenvalue weighted by Crippen LogP contribution is -2.13. The van der Waals surface area contributed by atoms with Crippen molar-refractivity contribution in [3.8, 4) is 0 Å². The molecule has 2 aromatic rings. The fourth-order valence-corrected chi connectivity index (χ4v) is 1.90. The van der Waals surface area contributed by atoms with Crippen LogP contribution in [-0.4, -0.2) is 5.91 Å². The highest BCUT2D eigenvalue weighted by atomic mass is 35.5. The number of hydrogen-bond donors (Lipinski definition) is 2. The topological polar surface area (TPSA) is 55.1 Å². The molecule has 3 nitrogen and oxygen atoms in total. The molecule has 0 spiro atoms. The minimum absolute atomic E-state index is 0.172. The molecule has 0 aliphatic heterocycles. The van der Waals surface area contributed by atoms with Crippen LogP contribution in [0.4, 0.5) is 11.4 Å². The number of rotatable bonds is 2. The van der Waals surface area contributed by atoms with Gasteiger partial charge in [-0.2, -0.15) is 0 Å². The first-order chi connectivity index (χ1) is 8.56. The Kier molecular flexibility index (Phi) is 3.53. The highest BCUT2D eigenvalue weighted by Gasteiger charge is 2.09. The monoisotopic (exact) mass is 260 g/mol. The van der Waals surface area contributed by atoms with Crippen molar-refractivity contribution in [1.82, 2.24) is 0 Å². The number of nitrogen functional groups attached to an aromatic ring is 1. The lowest BCUT2D eigenvalue weighted by Gasteiger charge is -2.08. The number of hydrogen-bond acceptors (Lipinski definition) is 2. The van der Waals surface area contributed by atoms with Gasteiger partial charge in [-0.25, -0.2) is 0 Å². The van der Waals surface area contributed by atoms with E-state index in [0.29, 0.717) is 22.0 Å². The highest BCUT2D eigenvalue weighted by Crippen LogP contribution is 2.18. The van der Waals surface area contributed by atoms with E-state index in [9.17, 15) is 4.79 Å². The largest absolute Gasteiger partial charge is 0.399 e. The fourth-order valence-electron chi connectivity index (χ4n) is 1.71. The minimum Gasteiger partial charge on any atom is -0.399 e. The molecular weight excluding hydrogens is 248 g/mol. The summed E-state index contributed by atoms with van der Waals surface area (Å²) in [6, 6.07) is 12.2. The van der Waals surface area contributed by atoms with E-state index in [1.54, 1.807) is 42.5 Å². The van der Waals surface area contributed by atoms with Gasteiger partial charge in [-0.3, -0.25) is 4.79 Å². The summed E-state index contributed by atoms with van der Waals surface area (Å²) in [6.07, 6.45) is 0. The smallest absolute Gasteiger partial charge is 0.255 e. The molecule has 0 unspecified atom stereocenters. The van der Waals surface area contributed by atoms with Crippen LogP contribution >= 0.6 is 11.6 Å². The number of nitrogens with one attached hydrogen (secondary N) is 1. The van der Waals surface area contributed by atoms with E-state index in [-0.39, 0.29) is 5.91 Å². The van der Waals surface area contributed by atoms with E-state index in [1.165, 1.54) is 0 Å². The molecule has 2 aromatic carbocycles. The predicted molar refractivity (Wildman–Crippen MR) is 75.0 cm³/mol. The highest BCUT2D eigenvalue weighted by molar-refractivity contribution is 6.31. The van der Waals surface area contributed by atoms with Crippen LogP contribution in [0.15, 0.2) is 42.5 Å². The van der Waals surface area contributed by atoms with Gasteiger partial charge in [-0.1, -0.05) is 17.7 Å². The number of carbonyl (C=O) groups is 1. The van der Waals surface area contributed by atoms with Crippen molar-refractivity contribution in [2.45, 2.75) is 6.92 Å². The van der Waals surface area contributed by atoms with Crippen molar-refractivity contribution in [3.63, 3.8) is 0 Å². The first-order valence-electron chi connectivity index (χ1n) is 5.49. The van der Waals surface area contributed by atoms with Crippen LogP contribution in [0.25, 0.3) is 0 Å². The summed E-state index contributed by atoms with van der Waals surface area (Å²) < 4.78 is 0. The Morgan fingerprint density at radius 3 is 2.67 bits per heavy atom. The molecule has 0 atom stereocenters. The van der Waals surface area contributed by atoms with Gasteiger partial charge in [0, 0.05) is 22.0 Å². The van der Waals surface area contributed by atoms with Crippen molar-refractivity contribution >= 4 is 28.9 Å². The number of benzene rings is 2. The maximum Gasteiger partial charge on any atom is 0.255 e. The van der Waals surface area contributed by atoms with E-state index in [4.69, 9.17) is 17.3 Å². The average molecular weight is 261 g/mol. The number of halogens is 1. The van der Waals surface area contributed by atoms with Gasteiger partial charge in [0.25, 0.3) is 5.91 Å². The van der Waals surface area contributed by atoms with Gasteiger partial charge in [-0.05, 0) is 48.9 Å². The Hall–Kier alpha value is -2.00. The maximum atomic E-state index is 12.1. The molecule has 0 saturated heterocycles. The Morgan fingerprint density at radius 2 is 2.00 bits per heavy atom. The molecule has 0 aliphatic rings. The molecular formula is C14H13ClN2O. The van der Waals surface area contributed by atoms with Gasteiger partial charge in [0.1, 0.15) is 0 Å². The van der Waals surface area contributed by atoms with Crippen molar-refractivity contribution in [1.29, 1.82) is 0 Å². The van der Waals surface area contributed by atoms with E-state index in [1.807, 2.05) is 6.92 Å². The summed E-state index contributed by atoms with van der Waals surface area (Å²) in [5, 5.41) is 3.38. The molecule has 92 valence electrons. The molecule has 1 amide bonds. The Morgan fingerprint density at radius 1 is 1.22 bits per heavy atom. The molecule has 18 heavy (non-hydrogen) atoms. The summed E-state index contributed by atoms with van der Waals surface area (Å²) in [6.45, 7) is 1.85. The number of carbonyl (C=O) groups excluding carboxylic acids is 1. The zero-order chi connectivity index (χ0) is 13.1.